The molecule has 164 valence electrons. The SMILES string of the molecule is COCc1nn2c(-c3ccc(OCc4ccccc4)cc3)ccnc2c1-c1cccc(Cl)c1. The minimum Gasteiger partial charge on any atom is -0.489 e. The fourth-order valence-electron chi connectivity index (χ4n) is 3.85. The lowest BCUT2D eigenvalue weighted by Gasteiger charge is -2.09. The number of hydrogen-bond acceptors (Lipinski definition) is 4. The summed E-state index contributed by atoms with van der Waals surface area (Å²) in [5.74, 6) is 0.813. The number of rotatable bonds is 7. The van der Waals surface area contributed by atoms with Crippen LogP contribution >= 0.6 is 11.6 Å². The molecule has 0 N–H and O–H groups in total. The molecule has 5 nitrogen and oxygen atoms in total. The summed E-state index contributed by atoms with van der Waals surface area (Å²) >= 11 is 6.26. The van der Waals surface area contributed by atoms with E-state index in [1.165, 1.54) is 0 Å². The van der Waals surface area contributed by atoms with Gasteiger partial charge in [0.2, 0.25) is 0 Å². The fourth-order valence-corrected chi connectivity index (χ4v) is 4.04. The number of halogens is 1. The molecule has 0 spiro atoms. The van der Waals surface area contributed by atoms with E-state index in [4.69, 9.17) is 26.2 Å². The normalized spacial score (nSPS) is 11.1. The van der Waals surface area contributed by atoms with Gasteiger partial charge in [0.15, 0.2) is 5.65 Å². The highest BCUT2D eigenvalue weighted by molar-refractivity contribution is 6.30. The monoisotopic (exact) mass is 455 g/mol. The van der Waals surface area contributed by atoms with Crippen LogP contribution in [-0.4, -0.2) is 21.7 Å². The average molecular weight is 456 g/mol. The van der Waals surface area contributed by atoms with Crippen LogP contribution in [-0.2, 0) is 18.0 Å². The number of aromatic nitrogens is 3. The molecular weight excluding hydrogens is 434 g/mol. The molecule has 2 aromatic heterocycles. The first-order valence-corrected chi connectivity index (χ1v) is 11.0. The molecule has 0 amide bonds. The zero-order valence-corrected chi connectivity index (χ0v) is 18.9. The van der Waals surface area contributed by atoms with Gasteiger partial charge in [0.25, 0.3) is 0 Å². The Hall–Kier alpha value is -3.67. The zero-order chi connectivity index (χ0) is 22.6. The van der Waals surface area contributed by atoms with E-state index in [0.717, 1.165) is 45.0 Å². The van der Waals surface area contributed by atoms with Gasteiger partial charge in [0.05, 0.1) is 23.6 Å². The van der Waals surface area contributed by atoms with Gasteiger partial charge in [0, 0.05) is 23.9 Å². The number of benzene rings is 3. The first kappa shape index (κ1) is 21.2. The van der Waals surface area contributed by atoms with Crippen molar-refractivity contribution in [3.63, 3.8) is 0 Å². The maximum Gasteiger partial charge on any atom is 0.163 e. The van der Waals surface area contributed by atoms with Crippen molar-refractivity contribution in [1.29, 1.82) is 0 Å². The van der Waals surface area contributed by atoms with Crippen molar-refractivity contribution in [3.8, 4) is 28.1 Å². The summed E-state index contributed by atoms with van der Waals surface area (Å²) in [5, 5.41) is 5.50. The van der Waals surface area contributed by atoms with Crippen molar-refractivity contribution < 1.29 is 9.47 Å². The third-order valence-corrected chi connectivity index (χ3v) is 5.62. The van der Waals surface area contributed by atoms with Gasteiger partial charge in [-0.05, 0) is 53.6 Å². The van der Waals surface area contributed by atoms with Gasteiger partial charge in [-0.15, -0.1) is 0 Å². The maximum atomic E-state index is 6.26. The molecule has 0 fully saturated rings. The summed E-state index contributed by atoms with van der Waals surface area (Å²) < 4.78 is 13.2. The molecule has 0 aliphatic carbocycles. The van der Waals surface area contributed by atoms with E-state index in [1.807, 2.05) is 77.3 Å². The predicted octanol–water partition coefficient (Wildman–Crippen LogP) is 6.44. The third kappa shape index (κ3) is 4.46. The fraction of sp³-hybridized carbons (Fsp3) is 0.111. The Labute approximate surface area is 197 Å². The molecule has 6 heteroatoms. The number of nitrogens with zero attached hydrogens (tertiary/aromatic N) is 3. The highest BCUT2D eigenvalue weighted by Gasteiger charge is 2.18. The van der Waals surface area contributed by atoms with Crippen LogP contribution < -0.4 is 4.74 Å². The van der Waals surface area contributed by atoms with Crippen molar-refractivity contribution in [3.05, 3.63) is 107 Å². The lowest BCUT2D eigenvalue weighted by molar-refractivity contribution is 0.181. The van der Waals surface area contributed by atoms with Crippen LogP contribution in [0.2, 0.25) is 5.02 Å². The van der Waals surface area contributed by atoms with E-state index in [1.54, 1.807) is 13.3 Å². The summed E-state index contributed by atoms with van der Waals surface area (Å²) in [5.41, 5.74) is 6.52. The number of ether oxygens (including phenoxy) is 2. The van der Waals surface area contributed by atoms with E-state index < -0.39 is 0 Å². The van der Waals surface area contributed by atoms with Gasteiger partial charge in [-0.3, -0.25) is 0 Å². The van der Waals surface area contributed by atoms with Gasteiger partial charge in [0.1, 0.15) is 12.4 Å². The largest absolute Gasteiger partial charge is 0.489 e. The third-order valence-electron chi connectivity index (χ3n) is 5.38. The minimum absolute atomic E-state index is 0.372. The minimum atomic E-state index is 0.372. The Morgan fingerprint density at radius 2 is 1.67 bits per heavy atom. The van der Waals surface area contributed by atoms with E-state index in [9.17, 15) is 0 Å². The molecule has 0 radical (unpaired) electrons. The first-order valence-electron chi connectivity index (χ1n) is 10.6. The molecule has 0 aliphatic heterocycles. The van der Waals surface area contributed by atoms with Crippen LogP contribution in [0.15, 0.2) is 91.1 Å². The van der Waals surface area contributed by atoms with E-state index in [-0.39, 0.29) is 0 Å². The number of fused-ring (bicyclic) bond motifs is 1. The van der Waals surface area contributed by atoms with Crippen LogP contribution in [0.5, 0.6) is 5.75 Å². The standard InChI is InChI=1S/C27H22ClN3O2/c1-32-18-24-26(21-8-5-9-22(28)16-21)27-29-15-14-25(31(27)30-24)20-10-12-23(13-11-20)33-17-19-6-3-2-4-7-19/h2-16H,17-18H2,1H3. The smallest absolute Gasteiger partial charge is 0.163 e. The van der Waals surface area contributed by atoms with Crippen LogP contribution in [0.1, 0.15) is 11.3 Å². The second kappa shape index (κ2) is 9.45. The Morgan fingerprint density at radius 1 is 0.848 bits per heavy atom. The molecule has 33 heavy (non-hydrogen) atoms. The van der Waals surface area contributed by atoms with Crippen molar-refractivity contribution in [2.45, 2.75) is 13.2 Å². The van der Waals surface area contributed by atoms with E-state index in [0.29, 0.717) is 18.2 Å². The highest BCUT2D eigenvalue weighted by Crippen LogP contribution is 2.32. The molecule has 0 aliphatic rings. The van der Waals surface area contributed by atoms with Crippen LogP contribution in [0.3, 0.4) is 0 Å². The summed E-state index contributed by atoms with van der Waals surface area (Å²) in [7, 11) is 1.66. The summed E-state index contributed by atoms with van der Waals surface area (Å²) in [6, 6.07) is 27.8. The molecule has 0 atom stereocenters. The van der Waals surface area contributed by atoms with Crippen molar-refractivity contribution in [2.24, 2.45) is 0 Å². The molecular formula is C27H22ClN3O2. The highest BCUT2D eigenvalue weighted by atomic mass is 35.5. The topological polar surface area (TPSA) is 48.7 Å². The van der Waals surface area contributed by atoms with Crippen LogP contribution in [0.25, 0.3) is 28.0 Å². The second-order valence-corrected chi connectivity index (χ2v) is 8.07. The van der Waals surface area contributed by atoms with Gasteiger partial charge in [-0.25, -0.2) is 9.50 Å². The lowest BCUT2D eigenvalue weighted by atomic mass is 10.1. The predicted molar refractivity (Wildman–Crippen MR) is 130 cm³/mol. The molecule has 5 rings (SSSR count). The molecule has 0 unspecified atom stereocenters. The molecule has 0 bridgehead atoms. The zero-order valence-electron chi connectivity index (χ0n) is 18.1. The van der Waals surface area contributed by atoms with Crippen LogP contribution in [0, 0.1) is 0 Å². The molecule has 3 aromatic carbocycles. The Balaban J connectivity index is 1.50. The quantitative estimate of drug-likeness (QED) is 0.283. The molecule has 5 aromatic rings. The lowest BCUT2D eigenvalue weighted by Crippen LogP contribution is -1.97. The number of methoxy groups -OCH3 is 1. The Morgan fingerprint density at radius 3 is 2.42 bits per heavy atom. The first-order chi connectivity index (χ1) is 16.2. The second-order valence-electron chi connectivity index (χ2n) is 7.63. The van der Waals surface area contributed by atoms with Gasteiger partial charge in [-0.1, -0.05) is 54.1 Å². The summed E-state index contributed by atoms with van der Waals surface area (Å²) in [4.78, 5) is 4.63. The van der Waals surface area contributed by atoms with E-state index >= 15 is 0 Å². The van der Waals surface area contributed by atoms with Crippen LogP contribution in [0.4, 0.5) is 0 Å². The molecule has 2 heterocycles. The van der Waals surface area contributed by atoms with Gasteiger partial charge >= 0.3 is 0 Å². The molecule has 0 saturated carbocycles. The van der Waals surface area contributed by atoms with Gasteiger partial charge in [-0.2, -0.15) is 5.10 Å². The summed E-state index contributed by atoms with van der Waals surface area (Å²) in [6.45, 7) is 0.902. The maximum absolute atomic E-state index is 6.26. The van der Waals surface area contributed by atoms with Crippen molar-refractivity contribution in [1.82, 2.24) is 14.6 Å². The Kier molecular flexibility index (Phi) is 6.07. The Bertz CT molecular complexity index is 1380. The number of hydrogen-bond donors (Lipinski definition) is 0. The van der Waals surface area contributed by atoms with Crippen molar-refractivity contribution in [2.75, 3.05) is 7.11 Å². The van der Waals surface area contributed by atoms with Gasteiger partial charge < -0.3 is 9.47 Å². The molecule has 0 saturated heterocycles. The van der Waals surface area contributed by atoms with Crippen molar-refractivity contribution >= 4 is 17.2 Å². The average Bonchev–Trinajstić information content (AvgIpc) is 3.22. The summed E-state index contributed by atoms with van der Waals surface area (Å²) in [6.07, 6.45) is 1.80. The van der Waals surface area contributed by atoms with E-state index in [2.05, 4.69) is 17.1 Å².